The lowest BCUT2D eigenvalue weighted by atomic mass is 9.95. The zero-order valence-electron chi connectivity index (χ0n) is 15.4. The topological polar surface area (TPSA) is 37.3 Å². The van der Waals surface area contributed by atoms with E-state index in [1.165, 1.54) is 70.6 Å². The molecule has 0 aromatic heterocycles. The van der Waals surface area contributed by atoms with E-state index in [4.69, 9.17) is 5.11 Å². The van der Waals surface area contributed by atoms with Crippen molar-refractivity contribution in [3.8, 4) is 0 Å². The van der Waals surface area contributed by atoms with Crippen LogP contribution in [0.2, 0.25) is 0 Å². The first-order chi connectivity index (χ1) is 10.6. The van der Waals surface area contributed by atoms with Crippen LogP contribution in [0.4, 0.5) is 0 Å². The van der Waals surface area contributed by atoms with Gasteiger partial charge in [-0.2, -0.15) is 0 Å². The van der Waals surface area contributed by atoms with Crippen molar-refractivity contribution in [3.63, 3.8) is 0 Å². The van der Waals surface area contributed by atoms with E-state index in [-0.39, 0.29) is 0 Å². The summed E-state index contributed by atoms with van der Waals surface area (Å²) >= 11 is 0. The zero-order valence-corrected chi connectivity index (χ0v) is 15.4. The summed E-state index contributed by atoms with van der Waals surface area (Å²) < 4.78 is 0. The maximum Gasteiger partial charge on any atom is 0.303 e. The van der Waals surface area contributed by atoms with Crippen molar-refractivity contribution < 1.29 is 9.90 Å². The van der Waals surface area contributed by atoms with Crippen LogP contribution in [-0.2, 0) is 4.79 Å². The Kier molecular flexibility index (Phi) is 15.0. The van der Waals surface area contributed by atoms with Crippen molar-refractivity contribution in [3.05, 3.63) is 0 Å². The zero-order chi connectivity index (χ0) is 16.6. The van der Waals surface area contributed by atoms with Crippen LogP contribution >= 0.6 is 0 Å². The second-order valence-electron chi connectivity index (χ2n) is 7.34. The summed E-state index contributed by atoms with van der Waals surface area (Å²) in [6.07, 6.45) is 17.3. The molecule has 2 heteroatoms. The summed E-state index contributed by atoms with van der Waals surface area (Å²) in [4.78, 5) is 10.4. The van der Waals surface area contributed by atoms with E-state index in [0.29, 0.717) is 6.42 Å². The number of hydrogen-bond acceptors (Lipinski definition) is 1. The molecule has 0 saturated carbocycles. The molecule has 0 amide bonds. The van der Waals surface area contributed by atoms with Crippen LogP contribution in [0.25, 0.3) is 0 Å². The van der Waals surface area contributed by atoms with Crippen LogP contribution in [0.3, 0.4) is 0 Å². The molecule has 0 heterocycles. The fourth-order valence-electron chi connectivity index (χ4n) is 3.13. The fraction of sp³-hybridized carbons (Fsp3) is 0.950. The Bertz CT molecular complexity index is 250. The number of hydrogen-bond donors (Lipinski definition) is 1. The van der Waals surface area contributed by atoms with Gasteiger partial charge in [0, 0.05) is 6.42 Å². The first-order valence-electron chi connectivity index (χ1n) is 9.78. The third-order valence-electron chi connectivity index (χ3n) is 4.78. The SMILES string of the molecule is CCCCC(C)CCCCCCCC(C)CCCCC(=O)O. The second-order valence-corrected chi connectivity index (χ2v) is 7.34. The van der Waals surface area contributed by atoms with Gasteiger partial charge >= 0.3 is 5.97 Å². The summed E-state index contributed by atoms with van der Waals surface area (Å²) in [6.45, 7) is 7.00. The predicted molar refractivity (Wildman–Crippen MR) is 96.3 cm³/mol. The lowest BCUT2D eigenvalue weighted by molar-refractivity contribution is -0.137. The van der Waals surface area contributed by atoms with E-state index in [9.17, 15) is 4.79 Å². The Morgan fingerprint density at radius 2 is 1.14 bits per heavy atom. The van der Waals surface area contributed by atoms with E-state index in [2.05, 4.69) is 20.8 Å². The molecule has 0 fully saturated rings. The summed E-state index contributed by atoms with van der Waals surface area (Å²) in [5.41, 5.74) is 0. The minimum atomic E-state index is -0.656. The molecule has 0 aliphatic rings. The third-order valence-corrected chi connectivity index (χ3v) is 4.78. The van der Waals surface area contributed by atoms with Gasteiger partial charge in [0.1, 0.15) is 0 Å². The molecule has 0 aliphatic carbocycles. The summed E-state index contributed by atoms with van der Waals surface area (Å²) in [5, 5.41) is 8.60. The molecule has 0 bridgehead atoms. The number of rotatable bonds is 16. The Hall–Kier alpha value is -0.530. The van der Waals surface area contributed by atoms with Crippen LogP contribution in [0.15, 0.2) is 0 Å². The highest BCUT2D eigenvalue weighted by atomic mass is 16.4. The van der Waals surface area contributed by atoms with Crippen molar-refractivity contribution in [1.29, 1.82) is 0 Å². The van der Waals surface area contributed by atoms with Gasteiger partial charge in [0.05, 0.1) is 0 Å². The van der Waals surface area contributed by atoms with Crippen LogP contribution in [0.5, 0.6) is 0 Å². The molecule has 2 atom stereocenters. The van der Waals surface area contributed by atoms with Gasteiger partial charge in [0.2, 0.25) is 0 Å². The largest absolute Gasteiger partial charge is 0.481 e. The van der Waals surface area contributed by atoms with Crippen LogP contribution in [-0.4, -0.2) is 11.1 Å². The second kappa shape index (κ2) is 15.4. The number of aliphatic carboxylic acids is 1. The Morgan fingerprint density at radius 3 is 1.59 bits per heavy atom. The molecule has 1 N–H and O–H groups in total. The smallest absolute Gasteiger partial charge is 0.303 e. The highest BCUT2D eigenvalue weighted by Crippen LogP contribution is 2.19. The van der Waals surface area contributed by atoms with Gasteiger partial charge < -0.3 is 5.11 Å². The standard InChI is InChI=1S/C20H40O2/c1-4-5-13-18(2)14-9-7-6-8-10-15-19(3)16-11-12-17-20(21)22/h18-19H,4-17H2,1-3H3,(H,21,22). The maximum absolute atomic E-state index is 10.4. The Balaban J connectivity index is 3.26. The number of unbranched alkanes of at least 4 members (excludes halogenated alkanes) is 6. The average Bonchev–Trinajstić information content (AvgIpc) is 2.48. The van der Waals surface area contributed by atoms with Crippen molar-refractivity contribution in [2.75, 3.05) is 0 Å². The molecule has 0 rings (SSSR count). The van der Waals surface area contributed by atoms with E-state index in [1.807, 2.05) is 0 Å². The van der Waals surface area contributed by atoms with Gasteiger partial charge in [-0.05, 0) is 18.3 Å². The highest BCUT2D eigenvalue weighted by molar-refractivity contribution is 5.66. The first kappa shape index (κ1) is 21.5. The van der Waals surface area contributed by atoms with Crippen molar-refractivity contribution in [2.24, 2.45) is 11.8 Å². The fourth-order valence-corrected chi connectivity index (χ4v) is 3.13. The quantitative estimate of drug-likeness (QED) is 0.317. The molecule has 0 aliphatic heterocycles. The summed E-state index contributed by atoms with van der Waals surface area (Å²) in [7, 11) is 0. The van der Waals surface area contributed by atoms with Crippen LogP contribution < -0.4 is 0 Å². The molecule has 0 saturated heterocycles. The van der Waals surface area contributed by atoms with Crippen molar-refractivity contribution >= 4 is 5.97 Å². The maximum atomic E-state index is 10.4. The number of carboxylic acid groups (broad SMARTS) is 1. The molecule has 0 aromatic carbocycles. The molecule has 2 unspecified atom stereocenters. The van der Waals surface area contributed by atoms with Crippen molar-refractivity contribution in [1.82, 2.24) is 0 Å². The van der Waals surface area contributed by atoms with Gasteiger partial charge in [-0.25, -0.2) is 0 Å². The van der Waals surface area contributed by atoms with E-state index < -0.39 is 5.97 Å². The molecule has 0 aromatic rings. The van der Waals surface area contributed by atoms with Gasteiger partial charge in [0.25, 0.3) is 0 Å². The highest BCUT2D eigenvalue weighted by Gasteiger charge is 2.04. The molecule has 22 heavy (non-hydrogen) atoms. The summed E-state index contributed by atoms with van der Waals surface area (Å²) in [5.74, 6) is 1.03. The minimum Gasteiger partial charge on any atom is -0.481 e. The average molecular weight is 313 g/mol. The third kappa shape index (κ3) is 15.9. The van der Waals surface area contributed by atoms with Crippen LogP contribution in [0, 0.1) is 11.8 Å². The van der Waals surface area contributed by atoms with E-state index in [1.54, 1.807) is 0 Å². The first-order valence-corrected chi connectivity index (χ1v) is 9.78. The predicted octanol–water partition coefficient (Wildman–Crippen LogP) is 6.82. The lowest BCUT2D eigenvalue weighted by Gasteiger charge is -2.11. The van der Waals surface area contributed by atoms with Gasteiger partial charge in [-0.1, -0.05) is 97.8 Å². The molecular weight excluding hydrogens is 272 g/mol. The van der Waals surface area contributed by atoms with Crippen molar-refractivity contribution in [2.45, 2.75) is 111 Å². The molecule has 0 spiro atoms. The van der Waals surface area contributed by atoms with Gasteiger partial charge in [-0.15, -0.1) is 0 Å². The molecule has 0 radical (unpaired) electrons. The van der Waals surface area contributed by atoms with Crippen LogP contribution in [0.1, 0.15) is 111 Å². The molecular formula is C20H40O2. The lowest BCUT2D eigenvalue weighted by Crippen LogP contribution is -1.98. The molecule has 132 valence electrons. The number of carbonyl (C=O) groups is 1. The summed E-state index contributed by atoms with van der Waals surface area (Å²) in [6, 6.07) is 0. The number of carboxylic acids is 1. The van der Waals surface area contributed by atoms with E-state index >= 15 is 0 Å². The van der Waals surface area contributed by atoms with Gasteiger partial charge in [0.15, 0.2) is 0 Å². The minimum absolute atomic E-state index is 0.337. The monoisotopic (exact) mass is 312 g/mol. The molecule has 2 nitrogen and oxygen atoms in total. The normalized spacial score (nSPS) is 14.0. The van der Waals surface area contributed by atoms with E-state index in [0.717, 1.165) is 24.7 Å². The Labute approximate surface area is 139 Å². The van der Waals surface area contributed by atoms with Gasteiger partial charge in [-0.3, -0.25) is 4.79 Å². The Morgan fingerprint density at radius 1 is 0.727 bits per heavy atom.